The molecule has 0 aliphatic heterocycles. The Balaban J connectivity index is 1.50. The van der Waals surface area contributed by atoms with Gasteiger partial charge in [0.05, 0.1) is 11.1 Å². The normalized spacial score (nSPS) is 18.4. The number of benzene rings is 2. The zero-order chi connectivity index (χ0) is 20.7. The first-order valence-corrected chi connectivity index (χ1v) is 10.3. The quantitative estimate of drug-likeness (QED) is 0.405. The van der Waals surface area contributed by atoms with Gasteiger partial charge in [0.2, 0.25) is 0 Å². The predicted molar refractivity (Wildman–Crippen MR) is 116 cm³/mol. The van der Waals surface area contributed by atoms with Gasteiger partial charge in [-0.25, -0.2) is 0 Å². The molecule has 0 heterocycles. The van der Waals surface area contributed by atoms with Crippen molar-refractivity contribution in [1.29, 1.82) is 0 Å². The van der Waals surface area contributed by atoms with Gasteiger partial charge in [0.25, 0.3) is 0 Å². The van der Waals surface area contributed by atoms with E-state index >= 15 is 0 Å². The van der Waals surface area contributed by atoms with Gasteiger partial charge in [0, 0.05) is 31.2 Å². The summed E-state index contributed by atoms with van der Waals surface area (Å²) in [4.78, 5) is 49.6. The molecule has 6 heteroatoms. The molecule has 0 fully saturated rings. The van der Waals surface area contributed by atoms with Gasteiger partial charge < -0.3 is 0 Å². The zero-order valence-electron chi connectivity index (χ0n) is 14.9. The van der Waals surface area contributed by atoms with Crippen LogP contribution in [0, 0.1) is 0 Å². The van der Waals surface area contributed by atoms with E-state index in [0.717, 1.165) is 8.95 Å². The highest BCUT2D eigenvalue weighted by atomic mass is 79.9. The largest absolute Gasteiger partial charge is 0.288 e. The van der Waals surface area contributed by atoms with Gasteiger partial charge in [-0.05, 0) is 48.9 Å². The van der Waals surface area contributed by atoms with Crippen molar-refractivity contribution in [2.45, 2.75) is 6.42 Å². The first-order valence-electron chi connectivity index (χ1n) is 8.73. The predicted octanol–water partition coefficient (Wildman–Crippen LogP) is 5.47. The summed E-state index contributed by atoms with van der Waals surface area (Å²) in [5.41, 5.74) is 1.82. The molecule has 0 saturated carbocycles. The number of fused-ring (bicyclic) bond motifs is 2. The summed E-state index contributed by atoms with van der Waals surface area (Å²) < 4.78 is 1.48. The van der Waals surface area contributed by atoms with Gasteiger partial charge in [0.1, 0.15) is 0 Å². The maximum absolute atomic E-state index is 12.4. The van der Waals surface area contributed by atoms with Crippen molar-refractivity contribution in [2.24, 2.45) is 0 Å². The molecule has 0 radical (unpaired) electrons. The van der Waals surface area contributed by atoms with Crippen molar-refractivity contribution in [3.8, 4) is 0 Å². The van der Waals surface area contributed by atoms with Crippen LogP contribution >= 0.6 is 31.9 Å². The number of ketones is 4. The third-order valence-electron chi connectivity index (χ3n) is 4.78. The fourth-order valence-corrected chi connectivity index (χ4v) is 4.08. The Morgan fingerprint density at radius 3 is 1.72 bits per heavy atom. The average molecular weight is 512 g/mol. The van der Waals surface area contributed by atoms with Crippen LogP contribution in [0.15, 0.2) is 80.8 Å². The molecule has 0 saturated heterocycles. The van der Waals surface area contributed by atoms with Gasteiger partial charge in [0.15, 0.2) is 23.1 Å². The van der Waals surface area contributed by atoms with Crippen molar-refractivity contribution in [3.63, 3.8) is 0 Å². The van der Waals surface area contributed by atoms with E-state index in [1.807, 2.05) is 0 Å². The highest BCUT2D eigenvalue weighted by molar-refractivity contribution is 9.10. The molecule has 0 bridgehead atoms. The van der Waals surface area contributed by atoms with Crippen LogP contribution < -0.4 is 0 Å². The Hall–Kier alpha value is -2.70. The van der Waals surface area contributed by atoms with Crippen LogP contribution in [-0.4, -0.2) is 23.1 Å². The van der Waals surface area contributed by atoms with E-state index in [1.54, 1.807) is 54.6 Å². The molecule has 4 rings (SSSR count). The number of hydrogen-bond donors (Lipinski definition) is 0. The summed E-state index contributed by atoms with van der Waals surface area (Å²) in [5, 5.41) is 0. The van der Waals surface area contributed by atoms with Crippen molar-refractivity contribution in [2.75, 3.05) is 0 Å². The van der Waals surface area contributed by atoms with Crippen LogP contribution in [0.5, 0.6) is 0 Å². The van der Waals surface area contributed by atoms with Gasteiger partial charge >= 0.3 is 0 Å². The van der Waals surface area contributed by atoms with Crippen LogP contribution in [0.25, 0.3) is 0 Å². The van der Waals surface area contributed by atoms with Crippen LogP contribution in [-0.2, 0) is 0 Å². The fourth-order valence-electron chi connectivity index (χ4n) is 3.36. The molecule has 0 unspecified atom stereocenters. The lowest BCUT2D eigenvalue weighted by Crippen LogP contribution is -2.00. The second kappa shape index (κ2) is 7.61. The molecule has 29 heavy (non-hydrogen) atoms. The van der Waals surface area contributed by atoms with Crippen LogP contribution in [0.3, 0.4) is 0 Å². The lowest BCUT2D eigenvalue weighted by molar-refractivity contribution is 0.0973. The average Bonchev–Trinajstić information content (AvgIpc) is 3.07. The van der Waals surface area contributed by atoms with Gasteiger partial charge in [-0.1, -0.05) is 50.1 Å². The molecule has 142 valence electrons. The summed E-state index contributed by atoms with van der Waals surface area (Å²) in [6.07, 6.45) is 6.65. The molecule has 2 aliphatic rings. The molecule has 2 aromatic rings. The number of halogens is 2. The number of carbonyl (C=O) groups is 4. The minimum atomic E-state index is -0.309. The molecule has 0 spiro atoms. The monoisotopic (exact) mass is 510 g/mol. The topological polar surface area (TPSA) is 68.3 Å². The highest BCUT2D eigenvalue weighted by Gasteiger charge is 2.33. The van der Waals surface area contributed by atoms with Gasteiger partial charge in [-0.3, -0.25) is 19.2 Å². The Morgan fingerprint density at radius 2 is 1.14 bits per heavy atom. The van der Waals surface area contributed by atoms with Crippen LogP contribution in [0.1, 0.15) is 47.9 Å². The van der Waals surface area contributed by atoms with E-state index in [4.69, 9.17) is 0 Å². The summed E-state index contributed by atoms with van der Waals surface area (Å²) in [7, 11) is 0. The minimum absolute atomic E-state index is 0.104. The Labute approximate surface area is 183 Å². The smallest absolute Gasteiger partial charge is 0.197 e. The summed E-state index contributed by atoms with van der Waals surface area (Å²) in [6, 6.07) is 9.99. The number of rotatable bonds is 3. The maximum atomic E-state index is 12.4. The Morgan fingerprint density at radius 1 is 0.655 bits per heavy atom. The van der Waals surface area contributed by atoms with Crippen molar-refractivity contribution in [3.05, 3.63) is 103 Å². The van der Waals surface area contributed by atoms with Crippen LogP contribution in [0.2, 0.25) is 0 Å². The lowest BCUT2D eigenvalue weighted by Gasteiger charge is -1.94. The third-order valence-corrected chi connectivity index (χ3v) is 5.76. The summed E-state index contributed by atoms with van der Waals surface area (Å²) >= 11 is 6.60. The first-order chi connectivity index (χ1) is 13.9. The molecule has 0 amide bonds. The zero-order valence-corrected chi connectivity index (χ0v) is 18.0. The Bertz CT molecular complexity index is 1220. The van der Waals surface area contributed by atoms with E-state index < -0.39 is 0 Å². The van der Waals surface area contributed by atoms with Gasteiger partial charge in [-0.15, -0.1) is 0 Å². The van der Waals surface area contributed by atoms with Crippen molar-refractivity contribution < 1.29 is 19.2 Å². The second-order valence-electron chi connectivity index (χ2n) is 6.56. The van der Waals surface area contributed by atoms with E-state index in [-0.39, 0.29) is 34.3 Å². The molecule has 0 N–H and O–H groups in total. The minimum Gasteiger partial charge on any atom is -0.288 e. The first kappa shape index (κ1) is 19.6. The number of Topliss-reactive ketones (excluding diaryl/α,β-unsaturated/α-hetero) is 4. The van der Waals surface area contributed by atoms with E-state index in [0.29, 0.717) is 28.7 Å². The lowest BCUT2D eigenvalue weighted by atomic mass is 10.1. The van der Waals surface area contributed by atoms with E-state index in [2.05, 4.69) is 31.9 Å². The molecule has 0 aromatic heterocycles. The number of allylic oxidation sites excluding steroid dienone is 6. The van der Waals surface area contributed by atoms with Crippen LogP contribution in [0.4, 0.5) is 0 Å². The molecule has 2 aliphatic carbocycles. The molecular weight excluding hydrogens is 500 g/mol. The number of carbonyl (C=O) groups excluding carboxylic acids is 4. The molecule has 2 aromatic carbocycles. The summed E-state index contributed by atoms with van der Waals surface area (Å²) in [5.74, 6) is -1.19. The van der Waals surface area contributed by atoms with Gasteiger partial charge in [-0.2, -0.15) is 0 Å². The summed E-state index contributed by atoms with van der Waals surface area (Å²) in [6.45, 7) is 0. The molecule has 0 atom stereocenters. The Kier molecular flexibility index (Phi) is 5.15. The number of hydrogen-bond acceptors (Lipinski definition) is 4. The SMILES string of the molecule is O=C1C(=CC=CCC=C2C(=O)c3ccc(Br)cc3C2=O)C(=O)c2cc(Br)ccc21. The third kappa shape index (κ3) is 3.43. The van der Waals surface area contributed by atoms with Crippen molar-refractivity contribution >= 4 is 55.0 Å². The van der Waals surface area contributed by atoms with E-state index in [9.17, 15) is 19.2 Å². The fraction of sp³-hybridized carbons (Fsp3) is 0.0435. The second-order valence-corrected chi connectivity index (χ2v) is 8.39. The standard InChI is InChI=1S/C23H12Br2O4/c24-12-6-8-14-18(10-12)22(28)16(20(14)26)4-2-1-3-5-17-21(27)15-9-7-13(25)11-19(15)23(17)29/h1-2,4-11H,3H2. The highest BCUT2D eigenvalue weighted by Crippen LogP contribution is 2.30. The maximum Gasteiger partial charge on any atom is 0.197 e. The molecule has 4 nitrogen and oxygen atoms in total. The molecular formula is C23H12Br2O4. The van der Waals surface area contributed by atoms with Crippen molar-refractivity contribution in [1.82, 2.24) is 0 Å². The van der Waals surface area contributed by atoms with E-state index in [1.165, 1.54) is 6.08 Å².